The number of halogens is 1. The molecule has 0 saturated carbocycles. The molecule has 0 fully saturated rings. The average Bonchev–Trinajstić information content (AvgIpc) is 3.15. The summed E-state index contributed by atoms with van der Waals surface area (Å²) in [7, 11) is 0. The molecule has 0 spiro atoms. The molecule has 8 heteroatoms. The minimum atomic E-state index is -0.376. The van der Waals surface area contributed by atoms with Crippen LogP contribution in [0.2, 0.25) is 5.02 Å². The van der Waals surface area contributed by atoms with Gasteiger partial charge >= 0.3 is 0 Å². The maximum Gasteiger partial charge on any atom is 0.299 e. The van der Waals surface area contributed by atoms with Crippen LogP contribution in [-0.4, -0.2) is 20.6 Å². The van der Waals surface area contributed by atoms with Crippen molar-refractivity contribution in [2.24, 2.45) is 0 Å². The summed E-state index contributed by atoms with van der Waals surface area (Å²) < 4.78 is 6.57. The maximum absolute atomic E-state index is 12.6. The third kappa shape index (κ3) is 3.65. The van der Waals surface area contributed by atoms with Crippen LogP contribution in [0.15, 0.2) is 70.2 Å². The standard InChI is InChI=1S/C20H15ClN4O3/c21-14-6-8-15(9-7-14)23-16(26)10-11-25-12-22-18-17(13-4-2-1-3-5-13)24-28-19(18)20(25)27/h1-9,12H,10-11H2,(H,23,26). The Bertz CT molecular complexity index is 1180. The number of anilines is 1. The molecule has 0 aliphatic heterocycles. The van der Waals surface area contributed by atoms with Crippen LogP contribution in [0.3, 0.4) is 0 Å². The van der Waals surface area contributed by atoms with E-state index < -0.39 is 0 Å². The fourth-order valence-electron chi connectivity index (χ4n) is 2.78. The summed E-state index contributed by atoms with van der Waals surface area (Å²) in [6, 6.07) is 16.2. The van der Waals surface area contributed by atoms with Gasteiger partial charge in [0.25, 0.3) is 11.1 Å². The number of nitrogens with zero attached hydrogens (tertiary/aromatic N) is 3. The first-order valence-electron chi connectivity index (χ1n) is 8.57. The van der Waals surface area contributed by atoms with E-state index in [1.165, 1.54) is 10.9 Å². The molecule has 140 valence electrons. The van der Waals surface area contributed by atoms with Crippen molar-refractivity contribution in [2.45, 2.75) is 13.0 Å². The first-order valence-corrected chi connectivity index (χ1v) is 8.95. The summed E-state index contributed by atoms with van der Waals surface area (Å²) in [6.45, 7) is 0.169. The lowest BCUT2D eigenvalue weighted by atomic mass is 10.1. The Kier molecular flexibility index (Phi) is 4.90. The summed E-state index contributed by atoms with van der Waals surface area (Å²) in [5.41, 5.74) is 2.06. The molecule has 28 heavy (non-hydrogen) atoms. The molecule has 0 aliphatic rings. The third-order valence-electron chi connectivity index (χ3n) is 4.20. The molecule has 2 aromatic heterocycles. The number of aromatic nitrogens is 3. The summed E-state index contributed by atoms with van der Waals surface area (Å²) >= 11 is 5.82. The van der Waals surface area contributed by atoms with Gasteiger partial charge in [-0.1, -0.05) is 47.1 Å². The van der Waals surface area contributed by atoms with Gasteiger partial charge in [0.1, 0.15) is 11.2 Å². The van der Waals surface area contributed by atoms with Crippen LogP contribution in [-0.2, 0) is 11.3 Å². The highest BCUT2D eigenvalue weighted by molar-refractivity contribution is 6.30. The Morgan fingerprint density at radius 1 is 1.11 bits per heavy atom. The fourth-order valence-corrected chi connectivity index (χ4v) is 2.91. The molecular weight excluding hydrogens is 380 g/mol. The van der Waals surface area contributed by atoms with Crippen LogP contribution in [0, 0.1) is 0 Å². The van der Waals surface area contributed by atoms with Gasteiger partial charge in [0.2, 0.25) is 5.91 Å². The summed E-state index contributed by atoms with van der Waals surface area (Å²) in [6.07, 6.45) is 1.51. The van der Waals surface area contributed by atoms with Gasteiger partial charge in [-0.15, -0.1) is 0 Å². The molecule has 1 amide bonds. The van der Waals surface area contributed by atoms with Gasteiger partial charge in [0, 0.05) is 29.2 Å². The van der Waals surface area contributed by atoms with Crippen LogP contribution in [0.1, 0.15) is 6.42 Å². The lowest BCUT2D eigenvalue weighted by Crippen LogP contribution is -2.23. The molecule has 2 aromatic carbocycles. The molecule has 0 unspecified atom stereocenters. The normalized spacial score (nSPS) is 10.9. The second-order valence-corrected chi connectivity index (χ2v) is 6.56. The van der Waals surface area contributed by atoms with Crippen molar-refractivity contribution in [2.75, 3.05) is 5.32 Å². The summed E-state index contributed by atoms with van der Waals surface area (Å²) in [5, 5.41) is 7.33. The van der Waals surface area contributed by atoms with E-state index in [-0.39, 0.29) is 30.0 Å². The van der Waals surface area contributed by atoms with Crippen molar-refractivity contribution in [1.82, 2.24) is 14.7 Å². The van der Waals surface area contributed by atoms with Crippen LogP contribution < -0.4 is 10.9 Å². The van der Waals surface area contributed by atoms with Gasteiger partial charge in [0.05, 0.1) is 6.33 Å². The number of rotatable bonds is 5. The van der Waals surface area contributed by atoms with Crippen LogP contribution >= 0.6 is 11.6 Å². The molecule has 0 atom stereocenters. The Hall–Kier alpha value is -3.45. The van der Waals surface area contributed by atoms with Crippen molar-refractivity contribution in [3.63, 3.8) is 0 Å². The molecule has 2 heterocycles. The quantitative estimate of drug-likeness (QED) is 0.557. The molecule has 0 saturated heterocycles. The van der Waals surface area contributed by atoms with Crippen molar-refractivity contribution < 1.29 is 9.32 Å². The Labute approximate surface area is 164 Å². The highest BCUT2D eigenvalue weighted by Crippen LogP contribution is 2.24. The van der Waals surface area contributed by atoms with Gasteiger partial charge < -0.3 is 9.84 Å². The van der Waals surface area contributed by atoms with Crippen molar-refractivity contribution >= 4 is 34.3 Å². The van der Waals surface area contributed by atoms with Crippen molar-refractivity contribution in [3.8, 4) is 11.3 Å². The Morgan fingerprint density at radius 2 is 1.86 bits per heavy atom. The minimum Gasteiger partial charge on any atom is -0.348 e. The molecule has 7 nitrogen and oxygen atoms in total. The predicted molar refractivity (Wildman–Crippen MR) is 106 cm³/mol. The lowest BCUT2D eigenvalue weighted by molar-refractivity contribution is -0.116. The molecule has 0 bridgehead atoms. The van der Waals surface area contributed by atoms with E-state index in [1.807, 2.05) is 30.3 Å². The number of nitrogens with one attached hydrogen (secondary N) is 1. The largest absolute Gasteiger partial charge is 0.348 e. The summed E-state index contributed by atoms with van der Waals surface area (Å²) in [5.74, 6) is -0.225. The number of amides is 1. The average molecular weight is 395 g/mol. The van der Waals surface area contributed by atoms with Gasteiger partial charge in [-0.2, -0.15) is 0 Å². The van der Waals surface area contributed by atoms with E-state index in [9.17, 15) is 9.59 Å². The molecule has 0 radical (unpaired) electrons. The van der Waals surface area contributed by atoms with Crippen molar-refractivity contribution in [1.29, 1.82) is 0 Å². The first kappa shape index (κ1) is 17.9. The van der Waals surface area contributed by atoms with Crippen molar-refractivity contribution in [3.05, 3.63) is 76.3 Å². The molecular formula is C20H15ClN4O3. The number of carbonyl (C=O) groups excluding carboxylic acids is 1. The number of aryl methyl sites for hydroxylation is 1. The minimum absolute atomic E-state index is 0.0689. The monoisotopic (exact) mass is 394 g/mol. The van der Waals surface area contributed by atoms with Crippen LogP contribution in [0.5, 0.6) is 0 Å². The van der Waals surface area contributed by atoms with E-state index >= 15 is 0 Å². The number of fused-ring (bicyclic) bond motifs is 1. The highest BCUT2D eigenvalue weighted by atomic mass is 35.5. The van der Waals surface area contributed by atoms with Gasteiger partial charge in [-0.25, -0.2) is 4.98 Å². The number of carbonyl (C=O) groups is 1. The maximum atomic E-state index is 12.6. The number of hydrogen-bond acceptors (Lipinski definition) is 5. The molecule has 0 aliphatic carbocycles. The van der Waals surface area contributed by atoms with Gasteiger partial charge in [-0.05, 0) is 24.3 Å². The van der Waals surface area contributed by atoms with E-state index in [2.05, 4.69) is 15.5 Å². The second-order valence-electron chi connectivity index (χ2n) is 6.12. The zero-order valence-corrected chi connectivity index (χ0v) is 15.4. The second kappa shape index (κ2) is 7.66. The van der Waals surface area contributed by atoms with E-state index in [0.717, 1.165) is 5.56 Å². The smallest absolute Gasteiger partial charge is 0.299 e. The first-order chi connectivity index (χ1) is 13.6. The van der Waals surface area contributed by atoms with E-state index in [1.54, 1.807) is 24.3 Å². The highest BCUT2D eigenvalue weighted by Gasteiger charge is 2.16. The van der Waals surface area contributed by atoms with E-state index in [0.29, 0.717) is 21.9 Å². The van der Waals surface area contributed by atoms with Crippen LogP contribution in [0.4, 0.5) is 5.69 Å². The zero-order valence-electron chi connectivity index (χ0n) is 14.6. The van der Waals surface area contributed by atoms with Crippen LogP contribution in [0.25, 0.3) is 22.4 Å². The number of benzene rings is 2. The fraction of sp³-hybridized carbons (Fsp3) is 0.100. The van der Waals surface area contributed by atoms with Gasteiger partial charge in [0.15, 0.2) is 0 Å². The number of hydrogen-bond donors (Lipinski definition) is 1. The third-order valence-corrected chi connectivity index (χ3v) is 4.46. The Morgan fingerprint density at radius 3 is 2.61 bits per heavy atom. The molecule has 1 N–H and O–H groups in total. The van der Waals surface area contributed by atoms with Gasteiger partial charge in [-0.3, -0.25) is 14.2 Å². The Balaban J connectivity index is 1.50. The van der Waals surface area contributed by atoms with E-state index in [4.69, 9.17) is 16.1 Å². The molecule has 4 rings (SSSR count). The molecule has 4 aromatic rings. The SMILES string of the molecule is O=C(CCn1cnc2c(-c3ccccc3)noc2c1=O)Nc1ccc(Cl)cc1. The predicted octanol–water partition coefficient (Wildman–Crippen LogP) is 3.73. The zero-order chi connectivity index (χ0) is 19.5. The topological polar surface area (TPSA) is 90.0 Å². The summed E-state index contributed by atoms with van der Waals surface area (Å²) in [4.78, 5) is 29.1. The lowest BCUT2D eigenvalue weighted by Gasteiger charge is -2.07.